The Balaban J connectivity index is 2.46. The number of carboxylic acids is 1. The highest BCUT2D eigenvalue weighted by atomic mass is 16.5. The molecular formula is C16H23NO4. The summed E-state index contributed by atoms with van der Waals surface area (Å²) in [5.41, 5.74) is 0.211. The third-order valence-electron chi connectivity index (χ3n) is 3.82. The molecule has 0 aliphatic rings. The van der Waals surface area contributed by atoms with E-state index in [1.807, 2.05) is 32.9 Å². The zero-order valence-electron chi connectivity index (χ0n) is 12.8. The highest BCUT2D eigenvalue weighted by Crippen LogP contribution is 2.25. The zero-order chi connectivity index (χ0) is 15.9. The average Bonchev–Trinajstić information content (AvgIpc) is 2.48. The van der Waals surface area contributed by atoms with E-state index in [9.17, 15) is 14.7 Å². The van der Waals surface area contributed by atoms with E-state index in [4.69, 9.17) is 4.74 Å². The number of ether oxygens (including phenoxy) is 1. The van der Waals surface area contributed by atoms with Crippen LogP contribution in [0.15, 0.2) is 24.3 Å². The van der Waals surface area contributed by atoms with Crippen LogP contribution in [0.3, 0.4) is 0 Å². The first-order valence-electron chi connectivity index (χ1n) is 7.13. The van der Waals surface area contributed by atoms with Gasteiger partial charge in [0, 0.05) is 6.54 Å². The van der Waals surface area contributed by atoms with E-state index >= 15 is 0 Å². The maximum atomic E-state index is 11.8. The first kappa shape index (κ1) is 17.0. The minimum atomic E-state index is -0.903. The molecule has 5 nitrogen and oxygen atoms in total. The molecule has 0 aromatic heterocycles. The van der Waals surface area contributed by atoms with Crippen molar-refractivity contribution in [2.75, 3.05) is 13.2 Å². The molecule has 1 aromatic rings. The van der Waals surface area contributed by atoms with Crippen LogP contribution in [0.2, 0.25) is 0 Å². The Hall–Kier alpha value is -2.04. The lowest BCUT2D eigenvalue weighted by molar-refractivity contribution is -0.149. The second-order valence-corrected chi connectivity index (χ2v) is 5.17. The van der Waals surface area contributed by atoms with Crippen molar-refractivity contribution in [1.82, 2.24) is 5.32 Å². The summed E-state index contributed by atoms with van der Waals surface area (Å²) in [6.07, 6.45) is 0.940. The molecule has 21 heavy (non-hydrogen) atoms. The summed E-state index contributed by atoms with van der Waals surface area (Å²) in [6, 6.07) is 7.39. The van der Waals surface area contributed by atoms with E-state index in [-0.39, 0.29) is 19.1 Å². The van der Waals surface area contributed by atoms with Crippen LogP contribution in [0.4, 0.5) is 0 Å². The number of nitrogens with one attached hydrogen (secondary N) is 1. The molecule has 116 valence electrons. The van der Waals surface area contributed by atoms with Crippen molar-refractivity contribution >= 4 is 11.9 Å². The molecule has 0 unspecified atom stereocenters. The van der Waals surface area contributed by atoms with Crippen molar-refractivity contribution in [1.29, 1.82) is 0 Å². The van der Waals surface area contributed by atoms with E-state index < -0.39 is 11.4 Å². The Morgan fingerprint density at radius 3 is 2.24 bits per heavy atom. The lowest BCUT2D eigenvalue weighted by atomic mass is 9.82. The minimum Gasteiger partial charge on any atom is -0.484 e. The average molecular weight is 293 g/mol. The van der Waals surface area contributed by atoms with Gasteiger partial charge in [0.05, 0.1) is 5.41 Å². The van der Waals surface area contributed by atoms with Crippen molar-refractivity contribution in [3.8, 4) is 5.75 Å². The largest absolute Gasteiger partial charge is 0.484 e. The molecular weight excluding hydrogens is 270 g/mol. The van der Waals surface area contributed by atoms with Gasteiger partial charge in [-0.2, -0.15) is 0 Å². The lowest BCUT2D eigenvalue weighted by Crippen LogP contribution is -2.43. The van der Waals surface area contributed by atoms with Gasteiger partial charge in [-0.15, -0.1) is 0 Å². The summed E-state index contributed by atoms with van der Waals surface area (Å²) in [7, 11) is 0. The Morgan fingerprint density at radius 2 is 1.76 bits per heavy atom. The number of carbonyl (C=O) groups is 2. The third-order valence-corrected chi connectivity index (χ3v) is 3.82. The lowest BCUT2D eigenvalue weighted by Gasteiger charge is -2.26. The van der Waals surface area contributed by atoms with Crippen LogP contribution in [0.25, 0.3) is 0 Å². The van der Waals surface area contributed by atoms with Gasteiger partial charge in [0.2, 0.25) is 0 Å². The van der Waals surface area contributed by atoms with Gasteiger partial charge in [0.1, 0.15) is 5.75 Å². The van der Waals surface area contributed by atoms with Crippen molar-refractivity contribution in [2.24, 2.45) is 5.41 Å². The predicted molar refractivity (Wildman–Crippen MR) is 80.3 cm³/mol. The van der Waals surface area contributed by atoms with Gasteiger partial charge in [-0.05, 0) is 31.9 Å². The number of hydrogen-bond acceptors (Lipinski definition) is 3. The van der Waals surface area contributed by atoms with Crippen LogP contribution in [0.5, 0.6) is 5.75 Å². The van der Waals surface area contributed by atoms with E-state index in [0.29, 0.717) is 18.6 Å². The number of aryl methyl sites for hydroxylation is 1. The summed E-state index contributed by atoms with van der Waals surface area (Å²) in [5.74, 6) is -0.582. The van der Waals surface area contributed by atoms with Gasteiger partial charge in [-0.25, -0.2) is 0 Å². The monoisotopic (exact) mass is 293 g/mol. The standard InChI is InChI=1S/C16H23NO4/c1-4-16(5-2,15(19)20)11-17-14(18)10-21-13-8-6-12(3)7-9-13/h6-9H,4-5,10-11H2,1-3H3,(H,17,18)(H,19,20). The van der Waals surface area contributed by atoms with Crippen molar-refractivity contribution < 1.29 is 19.4 Å². The van der Waals surface area contributed by atoms with E-state index in [1.165, 1.54) is 0 Å². The summed E-state index contributed by atoms with van der Waals surface area (Å²) < 4.78 is 5.36. The highest BCUT2D eigenvalue weighted by molar-refractivity contribution is 5.80. The summed E-state index contributed by atoms with van der Waals surface area (Å²) in [4.78, 5) is 23.1. The number of benzene rings is 1. The number of amides is 1. The van der Waals surface area contributed by atoms with Crippen LogP contribution < -0.4 is 10.1 Å². The summed E-state index contributed by atoms with van der Waals surface area (Å²) in [5, 5.41) is 11.9. The Morgan fingerprint density at radius 1 is 1.19 bits per heavy atom. The highest BCUT2D eigenvalue weighted by Gasteiger charge is 2.35. The molecule has 0 bridgehead atoms. The molecule has 0 radical (unpaired) electrons. The minimum absolute atomic E-state index is 0.116. The van der Waals surface area contributed by atoms with Crippen molar-refractivity contribution in [3.05, 3.63) is 29.8 Å². The molecule has 0 spiro atoms. The van der Waals surface area contributed by atoms with Gasteiger partial charge in [0.25, 0.3) is 5.91 Å². The van der Waals surface area contributed by atoms with Crippen LogP contribution in [-0.4, -0.2) is 30.1 Å². The smallest absolute Gasteiger partial charge is 0.311 e. The Bertz CT molecular complexity index is 478. The van der Waals surface area contributed by atoms with Crippen LogP contribution in [0.1, 0.15) is 32.3 Å². The second-order valence-electron chi connectivity index (χ2n) is 5.17. The van der Waals surface area contributed by atoms with E-state index in [0.717, 1.165) is 5.56 Å². The SMILES string of the molecule is CCC(CC)(CNC(=O)COc1ccc(C)cc1)C(=O)O. The molecule has 0 aliphatic heterocycles. The summed E-state index contributed by atoms with van der Waals surface area (Å²) >= 11 is 0. The molecule has 0 saturated heterocycles. The molecule has 1 amide bonds. The summed E-state index contributed by atoms with van der Waals surface area (Å²) in [6.45, 7) is 5.59. The number of rotatable bonds is 8. The Kier molecular flexibility index (Phi) is 6.21. The van der Waals surface area contributed by atoms with Crippen LogP contribution in [0, 0.1) is 12.3 Å². The van der Waals surface area contributed by atoms with Gasteiger partial charge >= 0.3 is 5.97 Å². The van der Waals surface area contributed by atoms with Gasteiger partial charge < -0.3 is 15.2 Å². The third kappa shape index (κ3) is 4.77. The fraction of sp³-hybridized carbons (Fsp3) is 0.500. The number of hydrogen-bond donors (Lipinski definition) is 2. The van der Waals surface area contributed by atoms with E-state index in [2.05, 4.69) is 5.32 Å². The molecule has 1 aromatic carbocycles. The topological polar surface area (TPSA) is 75.6 Å². The van der Waals surface area contributed by atoms with Crippen molar-refractivity contribution in [2.45, 2.75) is 33.6 Å². The first-order valence-corrected chi connectivity index (χ1v) is 7.13. The predicted octanol–water partition coefficient (Wildman–Crippen LogP) is 2.38. The molecule has 0 aliphatic carbocycles. The fourth-order valence-electron chi connectivity index (χ4n) is 1.98. The maximum Gasteiger partial charge on any atom is 0.311 e. The number of carbonyl (C=O) groups excluding carboxylic acids is 1. The molecule has 1 rings (SSSR count). The van der Waals surface area contributed by atoms with Crippen LogP contribution >= 0.6 is 0 Å². The molecule has 0 atom stereocenters. The molecule has 0 saturated carbocycles. The Labute approximate surface area is 125 Å². The molecule has 5 heteroatoms. The van der Waals surface area contributed by atoms with E-state index in [1.54, 1.807) is 12.1 Å². The first-order chi connectivity index (χ1) is 9.93. The maximum absolute atomic E-state index is 11.8. The number of carboxylic acid groups (broad SMARTS) is 1. The van der Waals surface area contributed by atoms with Crippen LogP contribution in [-0.2, 0) is 9.59 Å². The quantitative estimate of drug-likeness (QED) is 0.771. The molecule has 0 fully saturated rings. The second kappa shape index (κ2) is 7.67. The van der Waals surface area contributed by atoms with Gasteiger partial charge in [-0.3, -0.25) is 9.59 Å². The fourth-order valence-corrected chi connectivity index (χ4v) is 1.98. The number of aliphatic carboxylic acids is 1. The zero-order valence-corrected chi connectivity index (χ0v) is 12.8. The molecule has 2 N–H and O–H groups in total. The van der Waals surface area contributed by atoms with Crippen molar-refractivity contribution in [3.63, 3.8) is 0 Å². The normalized spacial score (nSPS) is 11.0. The molecule has 0 heterocycles. The van der Waals surface area contributed by atoms with Gasteiger partial charge in [-0.1, -0.05) is 31.5 Å². The van der Waals surface area contributed by atoms with Gasteiger partial charge in [0.15, 0.2) is 6.61 Å².